The van der Waals surface area contributed by atoms with Crippen LogP contribution in [0.5, 0.6) is 0 Å². The Kier molecular flexibility index (Phi) is 6.34. The highest BCUT2D eigenvalue weighted by Crippen LogP contribution is 2.59. The molecule has 0 aliphatic heterocycles. The zero-order valence-electron chi connectivity index (χ0n) is 27.4. The molecule has 2 aromatic heterocycles. The van der Waals surface area contributed by atoms with E-state index < -0.39 is 10.8 Å². The Balaban J connectivity index is 1.31. The number of aromatic nitrogens is 2. The largest absolute Gasteiger partial charge is 0.260 e. The van der Waals surface area contributed by atoms with Crippen molar-refractivity contribution in [1.29, 1.82) is 0 Å². The topological polar surface area (TPSA) is 25.8 Å². The molecule has 2 heteroatoms. The van der Waals surface area contributed by atoms with Gasteiger partial charge in [-0.3, -0.25) is 9.97 Å². The van der Waals surface area contributed by atoms with Crippen molar-refractivity contribution in [2.45, 2.75) is 10.8 Å². The molecule has 2 aliphatic rings. The standard InChI is InChI=1S/C48H32N2/c1-5-23-41-37(19-1)38-20-2-6-24-42(38)47(41,34-16-13-15-33(31-34)45-27-9-11-29-49-45)35-17-14-18-36(32-35)48(46-28-10-12-30-50-46)43-25-7-3-21-39(43)40-22-4-8-26-44(40)48/h1-32H. The Bertz CT molecular complexity index is 2460. The lowest BCUT2D eigenvalue weighted by Gasteiger charge is -2.37. The Labute approximate surface area is 292 Å². The number of benzene rings is 6. The zero-order chi connectivity index (χ0) is 33.1. The summed E-state index contributed by atoms with van der Waals surface area (Å²) in [4.78, 5) is 9.87. The number of hydrogen-bond acceptors (Lipinski definition) is 2. The summed E-state index contributed by atoms with van der Waals surface area (Å²) in [5, 5.41) is 0. The van der Waals surface area contributed by atoms with Crippen molar-refractivity contribution in [3.05, 3.63) is 239 Å². The summed E-state index contributed by atoms with van der Waals surface area (Å²) in [5.74, 6) is 0. The molecule has 0 fully saturated rings. The van der Waals surface area contributed by atoms with Crippen LogP contribution in [0, 0.1) is 0 Å². The fraction of sp³-hybridized carbons (Fsp3) is 0.0417. The summed E-state index contributed by atoms with van der Waals surface area (Å²) in [6.45, 7) is 0. The first-order chi connectivity index (χ1) is 24.8. The van der Waals surface area contributed by atoms with Gasteiger partial charge in [0.15, 0.2) is 0 Å². The molecule has 10 rings (SSSR count). The Morgan fingerprint density at radius 3 is 1.28 bits per heavy atom. The van der Waals surface area contributed by atoms with Gasteiger partial charge in [-0.1, -0.05) is 152 Å². The first-order valence-electron chi connectivity index (χ1n) is 17.2. The number of nitrogens with zero attached hydrogens (tertiary/aromatic N) is 2. The molecule has 0 unspecified atom stereocenters. The van der Waals surface area contributed by atoms with Crippen molar-refractivity contribution in [2.24, 2.45) is 0 Å². The second kappa shape index (κ2) is 11.1. The van der Waals surface area contributed by atoms with E-state index in [0.29, 0.717) is 0 Å². The maximum Gasteiger partial charge on any atom is 0.0885 e. The molecular formula is C48H32N2. The van der Waals surface area contributed by atoms with Crippen molar-refractivity contribution < 1.29 is 0 Å². The van der Waals surface area contributed by atoms with Crippen LogP contribution in [0.4, 0.5) is 0 Å². The average Bonchev–Trinajstić information content (AvgIpc) is 3.68. The summed E-state index contributed by atoms with van der Waals surface area (Å²) in [7, 11) is 0. The Hall–Kier alpha value is -6.38. The third kappa shape index (κ3) is 3.85. The van der Waals surface area contributed by atoms with Gasteiger partial charge in [-0.25, -0.2) is 0 Å². The van der Waals surface area contributed by atoms with Gasteiger partial charge in [0.05, 0.1) is 22.2 Å². The van der Waals surface area contributed by atoms with Crippen LogP contribution in [-0.4, -0.2) is 9.97 Å². The molecule has 6 aromatic carbocycles. The third-order valence-electron chi connectivity index (χ3n) is 10.9. The van der Waals surface area contributed by atoms with Gasteiger partial charge in [-0.2, -0.15) is 0 Å². The van der Waals surface area contributed by atoms with Gasteiger partial charge < -0.3 is 0 Å². The maximum absolute atomic E-state index is 5.12. The highest BCUT2D eigenvalue weighted by Gasteiger charge is 2.50. The second-order valence-electron chi connectivity index (χ2n) is 13.3. The Morgan fingerprint density at radius 2 is 0.760 bits per heavy atom. The van der Waals surface area contributed by atoms with Gasteiger partial charge in [0.1, 0.15) is 0 Å². The fourth-order valence-corrected chi connectivity index (χ4v) is 9.01. The molecule has 2 nitrogen and oxygen atoms in total. The molecule has 8 aromatic rings. The predicted molar refractivity (Wildman–Crippen MR) is 202 cm³/mol. The first kappa shape index (κ1) is 28.6. The van der Waals surface area contributed by atoms with Crippen LogP contribution < -0.4 is 0 Å². The van der Waals surface area contributed by atoms with Gasteiger partial charge in [-0.05, 0) is 91.5 Å². The van der Waals surface area contributed by atoms with Crippen LogP contribution in [0.2, 0.25) is 0 Å². The van der Waals surface area contributed by atoms with Crippen LogP contribution >= 0.6 is 0 Å². The van der Waals surface area contributed by atoms with E-state index in [1.54, 1.807) is 0 Å². The molecule has 0 radical (unpaired) electrons. The van der Waals surface area contributed by atoms with Crippen molar-refractivity contribution in [1.82, 2.24) is 9.97 Å². The Morgan fingerprint density at radius 1 is 0.320 bits per heavy atom. The van der Waals surface area contributed by atoms with Crippen molar-refractivity contribution >= 4 is 0 Å². The van der Waals surface area contributed by atoms with Gasteiger partial charge >= 0.3 is 0 Å². The average molecular weight is 637 g/mol. The monoisotopic (exact) mass is 636 g/mol. The summed E-state index contributed by atoms with van der Waals surface area (Å²) >= 11 is 0. The summed E-state index contributed by atoms with van der Waals surface area (Å²) in [6, 6.07) is 66.5. The van der Waals surface area contributed by atoms with Crippen LogP contribution in [-0.2, 0) is 10.8 Å². The van der Waals surface area contributed by atoms with Gasteiger partial charge in [-0.15, -0.1) is 0 Å². The molecule has 0 N–H and O–H groups in total. The normalized spacial score (nSPS) is 14.3. The van der Waals surface area contributed by atoms with Gasteiger partial charge in [0.25, 0.3) is 0 Å². The molecule has 0 spiro atoms. The lowest BCUT2D eigenvalue weighted by Crippen LogP contribution is -2.32. The lowest BCUT2D eigenvalue weighted by molar-refractivity contribution is 0.720. The molecule has 0 saturated heterocycles. The van der Waals surface area contributed by atoms with Crippen LogP contribution in [0.25, 0.3) is 33.5 Å². The molecule has 234 valence electrons. The first-order valence-corrected chi connectivity index (χ1v) is 17.2. The summed E-state index contributed by atoms with van der Waals surface area (Å²) in [6.07, 6.45) is 3.80. The molecule has 0 atom stereocenters. The smallest absolute Gasteiger partial charge is 0.0885 e. The van der Waals surface area contributed by atoms with E-state index >= 15 is 0 Å². The molecule has 2 aliphatic carbocycles. The summed E-state index contributed by atoms with van der Waals surface area (Å²) in [5.41, 5.74) is 15.7. The molecular weight excluding hydrogens is 605 g/mol. The highest BCUT2D eigenvalue weighted by atomic mass is 14.7. The van der Waals surface area contributed by atoms with Crippen molar-refractivity contribution in [3.63, 3.8) is 0 Å². The lowest BCUT2D eigenvalue weighted by atomic mass is 9.64. The minimum Gasteiger partial charge on any atom is -0.260 e. The maximum atomic E-state index is 5.12. The third-order valence-corrected chi connectivity index (χ3v) is 10.9. The number of rotatable bonds is 5. The summed E-state index contributed by atoms with van der Waals surface area (Å²) < 4.78 is 0. The van der Waals surface area contributed by atoms with Crippen LogP contribution in [0.15, 0.2) is 194 Å². The van der Waals surface area contributed by atoms with Crippen molar-refractivity contribution in [3.8, 4) is 33.5 Å². The van der Waals surface area contributed by atoms with E-state index in [0.717, 1.165) is 17.0 Å². The second-order valence-corrected chi connectivity index (χ2v) is 13.3. The minimum atomic E-state index is -0.598. The SMILES string of the molecule is c1ccc(-c2cccc(C3(c4cccc(C5(c6ccccn6)c6ccccc6-c6ccccc65)c4)c4ccccc4-c4ccccc43)c2)nc1. The number of hydrogen-bond donors (Lipinski definition) is 0. The van der Waals surface area contributed by atoms with E-state index in [-0.39, 0.29) is 0 Å². The fourth-order valence-electron chi connectivity index (χ4n) is 9.01. The molecule has 2 heterocycles. The van der Waals surface area contributed by atoms with Gasteiger partial charge in [0.2, 0.25) is 0 Å². The zero-order valence-corrected chi connectivity index (χ0v) is 27.4. The number of fused-ring (bicyclic) bond motifs is 6. The molecule has 0 amide bonds. The van der Waals surface area contributed by atoms with E-state index in [2.05, 4.69) is 170 Å². The van der Waals surface area contributed by atoms with Gasteiger partial charge in [0, 0.05) is 18.0 Å². The molecule has 50 heavy (non-hydrogen) atoms. The minimum absolute atomic E-state index is 0.572. The van der Waals surface area contributed by atoms with E-state index in [1.165, 1.54) is 61.2 Å². The number of pyridine rings is 2. The van der Waals surface area contributed by atoms with Crippen LogP contribution in [0.1, 0.15) is 44.6 Å². The van der Waals surface area contributed by atoms with E-state index in [4.69, 9.17) is 9.97 Å². The van der Waals surface area contributed by atoms with Crippen LogP contribution in [0.3, 0.4) is 0 Å². The van der Waals surface area contributed by atoms with E-state index in [1.807, 2.05) is 24.5 Å². The van der Waals surface area contributed by atoms with E-state index in [9.17, 15) is 0 Å². The molecule has 0 saturated carbocycles. The van der Waals surface area contributed by atoms with Crippen molar-refractivity contribution in [2.75, 3.05) is 0 Å². The highest BCUT2D eigenvalue weighted by molar-refractivity contribution is 5.88. The molecule has 0 bridgehead atoms. The predicted octanol–water partition coefficient (Wildman–Crippen LogP) is 10.9. The quantitative estimate of drug-likeness (QED) is 0.188.